The van der Waals surface area contributed by atoms with Crippen LogP contribution in [-0.4, -0.2) is 12.8 Å². The van der Waals surface area contributed by atoms with Crippen LogP contribution in [0.2, 0.25) is 0 Å². The Morgan fingerprint density at radius 3 is 2.68 bits per heavy atom. The maximum atomic E-state index is 13.7. The first-order valence-electron chi connectivity index (χ1n) is 7.41. The molecule has 22 heavy (non-hydrogen) atoms. The maximum absolute atomic E-state index is 13.7. The van der Waals surface area contributed by atoms with E-state index in [2.05, 4.69) is 24.4 Å². The zero-order valence-electron chi connectivity index (χ0n) is 12.9. The fraction of sp³-hybridized carbons (Fsp3) is 0.278. The van der Waals surface area contributed by atoms with Crippen LogP contribution in [0.3, 0.4) is 0 Å². The van der Waals surface area contributed by atoms with Crippen molar-refractivity contribution in [3.8, 4) is 5.75 Å². The SMILES string of the molecule is CC(C)CCOc1cc(C=NNc2ccccc2)ccc1F. The summed E-state index contributed by atoms with van der Waals surface area (Å²) in [6, 6.07) is 14.4. The molecule has 3 nitrogen and oxygen atoms in total. The first-order chi connectivity index (χ1) is 10.6. The van der Waals surface area contributed by atoms with Crippen molar-refractivity contribution in [1.29, 1.82) is 0 Å². The molecule has 2 rings (SSSR count). The molecule has 0 aliphatic carbocycles. The molecule has 0 saturated heterocycles. The Hall–Kier alpha value is -2.36. The minimum atomic E-state index is -0.350. The molecule has 0 fully saturated rings. The number of hydrogen-bond donors (Lipinski definition) is 1. The Balaban J connectivity index is 1.96. The molecular weight excluding hydrogens is 279 g/mol. The molecule has 116 valence electrons. The highest BCUT2D eigenvalue weighted by Crippen LogP contribution is 2.19. The van der Waals surface area contributed by atoms with Gasteiger partial charge in [0.25, 0.3) is 0 Å². The van der Waals surface area contributed by atoms with Gasteiger partial charge in [-0.25, -0.2) is 4.39 Å². The van der Waals surface area contributed by atoms with Crippen LogP contribution < -0.4 is 10.2 Å². The Bertz CT molecular complexity index is 612. The molecule has 0 atom stereocenters. The van der Waals surface area contributed by atoms with Crippen molar-refractivity contribution in [2.24, 2.45) is 11.0 Å². The van der Waals surface area contributed by atoms with Crippen LogP contribution in [0.5, 0.6) is 5.75 Å². The van der Waals surface area contributed by atoms with Crippen LogP contribution >= 0.6 is 0 Å². The highest BCUT2D eigenvalue weighted by atomic mass is 19.1. The van der Waals surface area contributed by atoms with Gasteiger partial charge in [0.15, 0.2) is 11.6 Å². The Morgan fingerprint density at radius 1 is 1.18 bits per heavy atom. The first kappa shape index (κ1) is 16.0. The molecule has 0 aliphatic rings. The van der Waals surface area contributed by atoms with Gasteiger partial charge in [0.1, 0.15) is 0 Å². The number of benzene rings is 2. The van der Waals surface area contributed by atoms with Crippen LogP contribution in [0, 0.1) is 11.7 Å². The van der Waals surface area contributed by atoms with E-state index in [1.54, 1.807) is 18.3 Å². The van der Waals surface area contributed by atoms with Crippen LogP contribution in [0.15, 0.2) is 53.6 Å². The topological polar surface area (TPSA) is 33.6 Å². The van der Waals surface area contributed by atoms with E-state index >= 15 is 0 Å². The summed E-state index contributed by atoms with van der Waals surface area (Å²) in [5, 5.41) is 4.14. The van der Waals surface area contributed by atoms with Gasteiger partial charge in [0.2, 0.25) is 0 Å². The molecule has 0 bridgehead atoms. The Kier molecular flexibility index (Phi) is 5.95. The van der Waals surface area contributed by atoms with Crippen molar-refractivity contribution >= 4 is 11.9 Å². The minimum Gasteiger partial charge on any atom is -0.490 e. The summed E-state index contributed by atoms with van der Waals surface area (Å²) in [5.41, 5.74) is 4.60. The van der Waals surface area contributed by atoms with Gasteiger partial charge in [-0.05, 0) is 42.2 Å². The van der Waals surface area contributed by atoms with Crippen molar-refractivity contribution in [2.45, 2.75) is 20.3 Å². The lowest BCUT2D eigenvalue weighted by Crippen LogP contribution is -2.03. The molecule has 0 radical (unpaired) electrons. The molecular formula is C18H21FN2O. The van der Waals surface area contributed by atoms with E-state index in [4.69, 9.17) is 4.74 Å². The summed E-state index contributed by atoms with van der Waals surface area (Å²) >= 11 is 0. The lowest BCUT2D eigenvalue weighted by atomic mass is 10.1. The summed E-state index contributed by atoms with van der Waals surface area (Å²) in [4.78, 5) is 0. The number of halogens is 1. The summed E-state index contributed by atoms with van der Waals surface area (Å²) in [5.74, 6) is 0.448. The molecule has 0 unspecified atom stereocenters. The number of hydrazone groups is 1. The molecule has 4 heteroatoms. The Labute approximate surface area is 130 Å². The maximum Gasteiger partial charge on any atom is 0.165 e. The highest BCUT2D eigenvalue weighted by Gasteiger charge is 2.04. The van der Waals surface area contributed by atoms with Gasteiger partial charge in [-0.15, -0.1) is 0 Å². The molecule has 0 heterocycles. The van der Waals surface area contributed by atoms with Crippen LogP contribution in [0.1, 0.15) is 25.8 Å². The van der Waals surface area contributed by atoms with E-state index in [1.807, 2.05) is 30.3 Å². The normalized spacial score (nSPS) is 11.1. The van der Waals surface area contributed by atoms with Crippen molar-refractivity contribution < 1.29 is 9.13 Å². The molecule has 1 N–H and O–H groups in total. The average Bonchev–Trinajstić information content (AvgIpc) is 2.51. The summed E-state index contributed by atoms with van der Waals surface area (Å²) in [7, 11) is 0. The third-order valence-corrected chi connectivity index (χ3v) is 3.09. The number of para-hydroxylation sites is 1. The van der Waals surface area contributed by atoms with Crippen LogP contribution in [0.4, 0.5) is 10.1 Å². The second-order valence-corrected chi connectivity index (χ2v) is 5.46. The van der Waals surface area contributed by atoms with Crippen LogP contribution in [0.25, 0.3) is 0 Å². The first-order valence-corrected chi connectivity index (χ1v) is 7.41. The molecule has 2 aromatic rings. The Morgan fingerprint density at radius 2 is 1.95 bits per heavy atom. The lowest BCUT2D eigenvalue weighted by Gasteiger charge is -2.09. The van der Waals surface area contributed by atoms with Gasteiger partial charge < -0.3 is 4.74 Å². The number of nitrogens with zero attached hydrogens (tertiary/aromatic N) is 1. The van der Waals surface area contributed by atoms with E-state index in [1.165, 1.54) is 6.07 Å². The van der Waals surface area contributed by atoms with E-state index in [0.717, 1.165) is 17.7 Å². The van der Waals surface area contributed by atoms with E-state index in [9.17, 15) is 4.39 Å². The largest absolute Gasteiger partial charge is 0.490 e. The van der Waals surface area contributed by atoms with E-state index < -0.39 is 0 Å². The smallest absolute Gasteiger partial charge is 0.165 e. The lowest BCUT2D eigenvalue weighted by molar-refractivity contribution is 0.277. The number of anilines is 1. The number of rotatable bonds is 7. The van der Waals surface area contributed by atoms with Gasteiger partial charge in [-0.3, -0.25) is 5.43 Å². The third kappa shape index (κ3) is 5.20. The van der Waals surface area contributed by atoms with Gasteiger partial charge in [0.05, 0.1) is 18.5 Å². The summed E-state index contributed by atoms with van der Waals surface area (Å²) < 4.78 is 19.2. The van der Waals surface area contributed by atoms with Crippen molar-refractivity contribution in [1.82, 2.24) is 0 Å². The zero-order chi connectivity index (χ0) is 15.8. The second kappa shape index (κ2) is 8.17. The molecule has 0 amide bonds. The molecule has 0 spiro atoms. The van der Waals surface area contributed by atoms with Crippen molar-refractivity contribution in [3.05, 3.63) is 59.9 Å². The minimum absolute atomic E-state index is 0.268. The highest BCUT2D eigenvalue weighted by molar-refractivity contribution is 5.80. The summed E-state index contributed by atoms with van der Waals surface area (Å²) in [6.07, 6.45) is 2.54. The predicted octanol–water partition coefficient (Wildman–Crippen LogP) is 4.70. The van der Waals surface area contributed by atoms with Gasteiger partial charge >= 0.3 is 0 Å². The predicted molar refractivity (Wildman–Crippen MR) is 89.0 cm³/mol. The molecule has 0 aromatic heterocycles. The number of nitrogens with one attached hydrogen (secondary N) is 1. The van der Waals surface area contributed by atoms with Gasteiger partial charge in [-0.2, -0.15) is 5.10 Å². The molecule has 0 saturated carbocycles. The fourth-order valence-corrected chi connectivity index (χ4v) is 1.81. The molecule has 2 aromatic carbocycles. The molecule has 0 aliphatic heterocycles. The average molecular weight is 300 g/mol. The fourth-order valence-electron chi connectivity index (χ4n) is 1.81. The van der Waals surface area contributed by atoms with Gasteiger partial charge in [0, 0.05) is 0 Å². The standard InChI is InChI=1S/C18H21FN2O/c1-14(2)10-11-22-18-12-15(8-9-17(18)19)13-20-21-16-6-4-3-5-7-16/h3-9,12-14,21H,10-11H2,1-2H3. The second-order valence-electron chi connectivity index (χ2n) is 5.46. The number of hydrogen-bond acceptors (Lipinski definition) is 3. The van der Waals surface area contributed by atoms with Gasteiger partial charge in [-0.1, -0.05) is 38.1 Å². The van der Waals surface area contributed by atoms with Crippen LogP contribution in [-0.2, 0) is 0 Å². The van der Waals surface area contributed by atoms with E-state index in [-0.39, 0.29) is 11.6 Å². The quantitative estimate of drug-likeness (QED) is 0.594. The summed E-state index contributed by atoms with van der Waals surface area (Å²) in [6.45, 7) is 4.73. The van der Waals surface area contributed by atoms with E-state index in [0.29, 0.717) is 12.5 Å². The van der Waals surface area contributed by atoms with Crippen molar-refractivity contribution in [3.63, 3.8) is 0 Å². The number of ether oxygens (including phenoxy) is 1. The zero-order valence-corrected chi connectivity index (χ0v) is 12.9. The monoisotopic (exact) mass is 300 g/mol. The third-order valence-electron chi connectivity index (χ3n) is 3.09. The van der Waals surface area contributed by atoms with Crippen molar-refractivity contribution in [2.75, 3.05) is 12.0 Å².